The number of carboxylic acid groups (broad SMARTS) is 1. The second-order valence-electron chi connectivity index (χ2n) is 6.30. The monoisotopic (exact) mass is 360 g/mol. The molecule has 26 heavy (non-hydrogen) atoms. The number of aliphatic carboxylic acids is 1. The van der Waals surface area contributed by atoms with E-state index in [-0.39, 0.29) is 12.4 Å². The van der Waals surface area contributed by atoms with Gasteiger partial charge in [0, 0.05) is 19.2 Å². The molecule has 2 atom stereocenters. The van der Waals surface area contributed by atoms with E-state index in [0.717, 1.165) is 12.0 Å². The van der Waals surface area contributed by atoms with Gasteiger partial charge in [0.2, 0.25) is 11.7 Å². The predicted octanol–water partition coefficient (Wildman–Crippen LogP) is 2.72. The van der Waals surface area contributed by atoms with Crippen molar-refractivity contribution in [3.05, 3.63) is 35.7 Å². The molecule has 8 nitrogen and oxygen atoms in total. The Labute approximate surface area is 152 Å². The van der Waals surface area contributed by atoms with Crippen LogP contribution in [0.5, 0.6) is 0 Å². The van der Waals surface area contributed by atoms with Gasteiger partial charge in [0.05, 0.1) is 5.92 Å². The maximum Gasteiger partial charge on any atom is 0.317 e. The van der Waals surface area contributed by atoms with Crippen LogP contribution >= 0.6 is 0 Å². The normalized spacial score (nSPS) is 13.1. The molecule has 2 aromatic rings. The van der Waals surface area contributed by atoms with Crippen molar-refractivity contribution in [3.63, 3.8) is 0 Å². The number of carbonyl (C=O) groups is 2. The molecule has 1 aromatic heterocycles. The molecule has 0 aliphatic carbocycles. The van der Waals surface area contributed by atoms with Crippen LogP contribution in [0.4, 0.5) is 4.79 Å². The Morgan fingerprint density at radius 1 is 1.27 bits per heavy atom. The van der Waals surface area contributed by atoms with Gasteiger partial charge in [-0.05, 0) is 18.9 Å². The summed E-state index contributed by atoms with van der Waals surface area (Å²) >= 11 is 0. The van der Waals surface area contributed by atoms with Gasteiger partial charge in [0.15, 0.2) is 0 Å². The van der Waals surface area contributed by atoms with Gasteiger partial charge in [-0.25, -0.2) is 4.79 Å². The van der Waals surface area contributed by atoms with Crippen LogP contribution in [-0.2, 0) is 11.2 Å². The lowest BCUT2D eigenvalue weighted by atomic mass is 10.1. The van der Waals surface area contributed by atoms with Gasteiger partial charge in [0.1, 0.15) is 6.04 Å². The summed E-state index contributed by atoms with van der Waals surface area (Å²) < 4.78 is 5.25. The number of urea groups is 1. The van der Waals surface area contributed by atoms with E-state index in [2.05, 4.69) is 22.4 Å². The van der Waals surface area contributed by atoms with Gasteiger partial charge in [-0.2, -0.15) is 4.98 Å². The Bertz CT molecular complexity index is 757. The molecule has 0 radical (unpaired) electrons. The van der Waals surface area contributed by atoms with Crippen LogP contribution in [0.1, 0.15) is 38.3 Å². The first kappa shape index (κ1) is 19.4. The molecule has 0 aliphatic rings. The highest BCUT2D eigenvalue weighted by Crippen LogP contribution is 2.19. The average molecular weight is 360 g/mol. The number of rotatable bonds is 7. The third-order valence-corrected chi connectivity index (χ3v) is 4.09. The van der Waals surface area contributed by atoms with E-state index in [1.165, 1.54) is 17.5 Å². The Morgan fingerprint density at radius 2 is 1.92 bits per heavy atom. The Morgan fingerprint density at radius 3 is 2.50 bits per heavy atom. The number of aromatic nitrogens is 2. The van der Waals surface area contributed by atoms with Crippen molar-refractivity contribution in [2.24, 2.45) is 5.92 Å². The highest BCUT2D eigenvalue weighted by molar-refractivity contribution is 5.76. The van der Waals surface area contributed by atoms with Gasteiger partial charge < -0.3 is 19.8 Å². The van der Waals surface area contributed by atoms with Crippen molar-refractivity contribution in [2.45, 2.75) is 33.2 Å². The second kappa shape index (κ2) is 8.46. The number of nitrogens with one attached hydrogen (secondary N) is 1. The molecular weight excluding hydrogens is 336 g/mol. The number of amides is 2. The largest absolute Gasteiger partial charge is 0.481 e. The molecule has 1 heterocycles. The minimum atomic E-state index is -0.951. The number of hydrogen-bond donors (Lipinski definition) is 2. The number of nitrogens with zero attached hydrogens (tertiary/aromatic N) is 3. The van der Waals surface area contributed by atoms with E-state index >= 15 is 0 Å². The molecule has 2 unspecified atom stereocenters. The number of benzene rings is 1. The van der Waals surface area contributed by atoms with Gasteiger partial charge in [-0.3, -0.25) is 4.79 Å². The average Bonchev–Trinajstić information content (AvgIpc) is 3.11. The summed E-state index contributed by atoms with van der Waals surface area (Å²) in [5.41, 5.74) is 2.06. The summed E-state index contributed by atoms with van der Waals surface area (Å²) in [6.07, 6.45) is 0.953. The second-order valence-corrected chi connectivity index (χ2v) is 6.30. The summed E-state index contributed by atoms with van der Waals surface area (Å²) in [5, 5.41) is 15.6. The van der Waals surface area contributed by atoms with Crippen molar-refractivity contribution in [3.8, 4) is 11.4 Å². The van der Waals surface area contributed by atoms with E-state index in [1.807, 2.05) is 24.3 Å². The maximum absolute atomic E-state index is 12.2. The van der Waals surface area contributed by atoms with Crippen LogP contribution in [-0.4, -0.2) is 45.7 Å². The predicted molar refractivity (Wildman–Crippen MR) is 95.5 cm³/mol. The van der Waals surface area contributed by atoms with Crippen molar-refractivity contribution in [1.29, 1.82) is 0 Å². The Hall–Kier alpha value is -2.90. The summed E-state index contributed by atoms with van der Waals surface area (Å²) in [5.74, 6) is -0.861. The molecule has 0 aliphatic heterocycles. The molecule has 140 valence electrons. The minimum absolute atomic E-state index is 0.104. The first-order valence-electron chi connectivity index (χ1n) is 8.49. The molecule has 0 saturated carbocycles. The molecule has 0 spiro atoms. The lowest BCUT2D eigenvalue weighted by Gasteiger charge is -2.21. The SMILES string of the molecule is CCc1ccc(-c2noc(C(C)NC(=O)N(C)CC(C)C(=O)O)n2)cc1. The fraction of sp³-hybridized carbons (Fsp3) is 0.444. The number of aryl methyl sites for hydroxylation is 1. The van der Waals surface area contributed by atoms with E-state index in [4.69, 9.17) is 9.63 Å². The lowest BCUT2D eigenvalue weighted by Crippen LogP contribution is -2.41. The summed E-state index contributed by atoms with van der Waals surface area (Å²) in [6, 6.07) is 6.97. The smallest absolute Gasteiger partial charge is 0.317 e. The first-order valence-corrected chi connectivity index (χ1v) is 8.49. The fourth-order valence-electron chi connectivity index (χ4n) is 2.35. The van der Waals surface area contributed by atoms with Crippen LogP contribution < -0.4 is 5.32 Å². The number of carbonyl (C=O) groups excluding carboxylic acids is 1. The zero-order valence-electron chi connectivity index (χ0n) is 15.4. The highest BCUT2D eigenvalue weighted by atomic mass is 16.5. The van der Waals surface area contributed by atoms with Gasteiger partial charge >= 0.3 is 12.0 Å². The van der Waals surface area contributed by atoms with Crippen molar-refractivity contribution >= 4 is 12.0 Å². The highest BCUT2D eigenvalue weighted by Gasteiger charge is 2.21. The zero-order valence-corrected chi connectivity index (χ0v) is 15.4. The first-order chi connectivity index (χ1) is 12.3. The minimum Gasteiger partial charge on any atom is -0.481 e. The van der Waals surface area contributed by atoms with Crippen LogP contribution in [0.3, 0.4) is 0 Å². The molecule has 2 amide bonds. The van der Waals surface area contributed by atoms with Crippen LogP contribution in [0.25, 0.3) is 11.4 Å². The van der Waals surface area contributed by atoms with Gasteiger partial charge in [-0.1, -0.05) is 43.3 Å². The lowest BCUT2D eigenvalue weighted by molar-refractivity contribution is -0.141. The van der Waals surface area contributed by atoms with Crippen molar-refractivity contribution in [1.82, 2.24) is 20.4 Å². The van der Waals surface area contributed by atoms with Gasteiger partial charge in [0.25, 0.3) is 0 Å². The molecular formula is C18H24N4O4. The van der Waals surface area contributed by atoms with E-state index < -0.39 is 24.0 Å². The van der Waals surface area contributed by atoms with Crippen molar-refractivity contribution in [2.75, 3.05) is 13.6 Å². The van der Waals surface area contributed by atoms with E-state index in [0.29, 0.717) is 5.82 Å². The molecule has 0 saturated heterocycles. The molecule has 0 fully saturated rings. The summed E-state index contributed by atoms with van der Waals surface area (Å²) in [6.45, 7) is 5.46. The molecule has 8 heteroatoms. The van der Waals surface area contributed by atoms with Crippen LogP contribution in [0.15, 0.2) is 28.8 Å². The number of hydrogen-bond acceptors (Lipinski definition) is 5. The molecule has 2 N–H and O–H groups in total. The Balaban J connectivity index is 1.99. The summed E-state index contributed by atoms with van der Waals surface area (Å²) in [7, 11) is 1.54. The Kier molecular flexibility index (Phi) is 6.32. The third-order valence-electron chi connectivity index (χ3n) is 4.09. The van der Waals surface area contributed by atoms with E-state index in [9.17, 15) is 9.59 Å². The maximum atomic E-state index is 12.2. The van der Waals surface area contributed by atoms with Crippen LogP contribution in [0, 0.1) is 5.92 Å². The van der Waals surface area contributed by atoms with Crippen LogP contribution in [0.2, 0.25) is 0 Å². The summed E-state index contributed by atoms with van der Waals surface area (Å²) in [4.78, 5) is 28.7. The molecule has 2 rings (SSSR count). The molecule has 1 aromatic carbocycles. The molecule has 0 bridgehead atoms. The third kappa shape index (κ3) is 4.81. The quantitative estimate of drug-likeness (QED) is 0.786. The standard InChI is InChI=1S/C18H24N4O4/c1-5-13-6-8-14(9-7-13)15-20-16(26-21-15)12(3)19-18(25)22(4)10-11(2)17(23)24/h6-9,11-12H,5,10H2,1-4H3,(H,19,25)(H,23,24). The van der Waals surface area contributed by atoms with Gasteiger partial charge in [-0.15, -0.1) is 0 Å². The van der Waals surface area contributed by atoms with Crippen molar-refractivity contribution < 1.29 is 19.2 Å². The number of carboxylic acids is 1. The fourth-order valence-corrected chi connectivity index (χ4v) is 2.35. The van der Waals surface area contributed by atoms with E-state index in [1.54, 1.807) is 13.8 Å². The zero-order chi connectivity index (χ0) is 19.3. The topological polar surface area (TPSA) is 109 Å².